The number of aromatic nitrogens is 1. The second kappa shape index (κ2) is 7.36. The van der Waals surface area contributed by atoms with Crippen LogP contribution >= 0.6 is 0 Å². The smallest absolute Gasteiger partial charge is 0.261 e. The molecule has 2 aliphatic rings. The number of sulfonamides is 1. The van der Waals surface area contributed by atoms with Gasteiger partial charge in [0.1, 0.15) is 6.17 Å². The van der Waals surface area contributed by atoms with Crippen molar-refractivity contribution < 1.29 is 13.2 Å². The molecule has 0 spiro atoms. The summed E-state index contributed by atoms with van der Waals surface area (Å²) in [4.78, 5) is 21.2. The van der Waals surface area contributed by atoms with E-state index in [9.17, 15) is 13.2 Å². The molecule has 3 heterocycles. The summed E-state index contributed by atoms with van der Waals surface area (Å²) in [6, 6.07) is 20.0. The van der Waals surface area contributed by atoms with Gasteiger partial charge in [-0.05, 0) is 55.3 Å². The Balaban J connectivity index is 1.37. The molecule has 0 saturated heterocycles. The number of carbonyl (C=O) groups is 1. The first kappa shape index (κ1) is 20.8. The maximum atomic E-state index is 13.6. The van der Waals surface area contributed by atoms with Crippen molar-refractivity contribution in [3.05, 3.63) is 89.1 Å². The zero-order valence-corrected chi connectivity index (χ0v) is 19.7. The Kier molecular flexibility index (Phi) is 4.50. The second-order valence-corrected chi connectivity index (χ2v) is 10.6. The molecule has 7 nitrogen and oxygen atoms in total. The zero-order chi connectivity index (χ0) is 23.6. The monoisotopic (exact) mass is 472 g/mol. The van der Waals surface area contributed by atoms with E-state index in [2.05, 4.69) is 26.7 Å². The number of aromatic amines is 1. The van der Waals surface area contributed by atoms with Gasteiger partial charge in [0.25, 0.3) is 15.9 Å². The van der Waals surface area contributed by atoms with Crippen molar-refractivity contribution in [3.63, 3.8) is 0 Å². The van der Waals surface area contributed by atoms with Gasteiger partial charge in [0.05, 0.1) is 21.8 Å². The van der Waals surface area contributed by atoms with Crippen molar-refractivity contribution >= 4 is 38.2 Å². The van der Waals surface area contributed by atoms with Gasteiger partial charge in [0.15, 0.2) is 0 Å². The molecule has 4 aromatic rings. The number of para-hydroxylation sites is 1. The molecule has 1 amide bonds. The quantitative estimate of drug-likeness (QED) is 0.462. The molecule has 3 aromatic carbocycles. The molecule has 172 valence electrons. The van der Waals surface area contributed by atoms with Gasteiger partial charge in [-0.2, -0.15) is 0 Å². The van der Waals surface area contributed by atoms with Crippen molar-refractivity contribution in [2.75, 3.05) is 23.2 Å². The highest BCUT2D eigenvalue weighted by Gasteiger charge is 2.41. The third-order valence-electron chi connectivity index (χ3n) is 6.82. The summed E-state index contributed by atoms with van der Waals surface area (Å²) < 4.78 is 28.3. The lowest BCUT2D eigenvalue weighted by Crippen LogP contribution is -2.51. The van der Waals surface area contributed by atoms with Crippen LogP contribution in [0.25, 0.3) is 10.9 Å². The molecule has 0 bridgehead atoms. The maximum absolute atomic E-state index is 13.6. The molecule has 6 rings (SSSR count). The van der Waals surface area contributed by atoms with Crippen LogP contribution in [0.5, 0.6) is 0 Å². The van der Waals surface area contributed by atoms with Crippen molar-refractivity contribution in [1.29, 1.82) is 0 Å². The Hall–Kier alpha value is -3.78. The first-order chi connectivity index (χ1) is 16.3. The van der Waals surface area contributed by atoms with Crippen LogP contribution in [0, 0.1) is 6.92 Å². The topological polar surface area (TPSA) is 85.5 Å². The lowest BCUT2D eigenvalue weighted by atomic mass is 9.96. The number of rotatable bonds is 3. The van der Waals surface area contributed by atoms with Gasteiger partial charge in [0, 0.05) is 30.2 Å². The molecule has 1 unspecified atom stereocenters. The summed E-state index contributed by atoms with van der Waals surface area (Å²) in [5.74, 6) is -0.0983. The van der Waals surface area contributed by atoms with Crippen molar-refractivity contribution in [1.82, 2.24) is 9.88 Å². The fourth-order valence-corrected chi connectivity index (χ4v) is 6.18. The lowest BCUT2D eigenvalue weighted by Gasteiger charge is -2.46. The first-order valence-electron chi connectivity index (χ1n) is 11.2. The second-order valence-electron chi connectivity index (χ2n) is 8.95. The molecule has 0 saturated carbocycles. The molecule has 0 aliphatic carbocycles. The lowest BCUT2D eigenvalue weighted by molar-refractivity contribution is 0.0634. The summed E-state index contributed by atoms with van der Waals surface area (Å²) in [6.07, 6.45) is 0.538. The van der Waals surface area contributed by atoms with Crippen molar-refractivity contribution in [3.8, 4) is 0 Å². The molecule has 2 aliphatic heterocycles. The van der Waals surface area contributed by atoms with Crippen molar-refractivity contribution in [2.24, 2.45) is 0 Å². The number of H-pyrrole nitrogens is 1. The van der Waals surface area contributed by atoms with Gasteiger partial charge in [0.2, 0.25) is 0 Å². The molecule has 1 atom stereocenters. The highest BCUT2D eigenvalue weighted by atomic mass is 32.2. The summed E-state index contributed by atoms with van der Waals surface area (Å²) in [7, 11) is -1.79. The summed E-state index contributed by atoms with van der Waals surface area (Å²) in [5, 5.41) is 1.20. The summed E-state index contributed by atoms with van der Waals surface area (Å²) in [5.41, 5.74) is 5.97. The fraction of sp³-hybridized carbons (Fsp3) is 0.192. The minimum atomic E-state index is -3.76. The van der Waals surface area contributed by atoms with Gasteiger partial charge >= 0.3 is 0 Å². The van der Waals surface area contributed by atoms with E-state index in [4.69, 9.17) is 0 Å². The normalized spacial score (nSPS) is 17.4. The third kappa shape index (κ3) is 3.09. The first-order valence-corrected chi connectivity index (χ1v) is 12.7. The minimum Gasteiger partial charge on any atom is -0.355 e. The third-order valence-corrected chi connectivity index (χ3v) is 8.22. The van der Waals surface area contributed by atoms with Gasteiger partial charge in [-0.3, -0.25) is 9.52 Å². The van der Waals surface area contributed by atoms with E-state index in [1.54, 1.807) is 36.4 Å². The predicted molar refractivity (Wildman–Crippen MR) is 133 cm³/mol. The van der Waals surface area contributed by atoms with Crippen LogP contribution in [0.2, 0.25) is 0 Å². The van der Waals surface area contributed by atoms with Gasteiger partial charge in [-0.25, -0.2) is 8.42 Å². The molecular formula is C26H24N4O3S. The van der Waals surface area contributed by atoms with E-state index < -0.39 is 10.0 Å². The van der Waals surface area contributed by atoms with Crippen LogP contribution < -0.4 is 9.62 Å². The Morgan fingerprint density at radius 3 is 2.59 bits per heavy atom. The fourth-order valence-electron chi connectivity index (χ4n) is 5.13. The van der Waals surface area contributed by atoms with Crippen LogP contribution in [0.15, 0.2) is 71.6 Å². The van der Waals surface area contributed by atoms with Gasteiger partial charge < -0.3 is 14.8 Å². The molecule has 8 heteroatoms. The van der Waals surface area contributed by atoms with Gasteiger partial charge in [-0.1, -0.05) is 35.9 Å². The van der Waals surface area contributed by atoms with Crippen LogP contribution in [0.1, 0.15) is 33.3 Å². The number of anilines is 2. The Bertz CT molecular complexity index is 1560. The molecule has 0 fully saturated rings. The zero-order valence-electron chi connectivity index (χ0n) is 18.9. The van der Waals surface area contributed by atoms with E-state index in [-0.39, 0.29) is 17.0 Å². The standard InChI is InChI=1S/C26H24N4O3S/c1-16-7-10-18(11-8-16)34(32,33)28-17-9-12-23-21(15-17)26(31)30-14-13-20-19-5-3-4-6-22(19)27-24(20)25(30)29(23)2/h3-12,15,25,27-28H,13-14H2,1-2H3. The van der Waals surface area contributed by atoms with Crippen molar-refractivity contribution in [2.45, 2.75) is 24.4 Å². The highest BCUT2D eigenvalue weighted by Crippen LogP contribution is 2.43. The Morgan fingerprint density at radius 1 is 1.03 bits per heavy atom. The number of hydrogen-bond donors (Lipinski definition) is 2. The van der Waals surface area contributed by atoms with Crippen LogP contribution in [0.4, 0.5) is 11.4 Å². The molecule has 0 radical (unpaired) electrons. The SMILES string of the molecule is Cc1ccc(S(=O)(=O)Nc2ccc3c(c2)C(=O)N2CCc4c([nH]c5ccccc45)C2N3C)cc1. The largest absolute Gasteiger partial charge is 0.355 e. The number of benzene rings is 3. The average molecular weight is 473 g/mol. The Morgan fingerprint density at radius 2 is 1.79 bits per heavy atom. The number of nitrogens with one attached hydrogen (secondary N) is 2. The predicted octanol–water partition coefficient (Wildman–Crippen LogP) is 4.42. The van der Waals surface area contributed by atoms with E-state index >= 15 is 0 Å². The van der Waals surface area contributed by atoms with Crippen LogP contribution in [-0.4, -0.2) is 37.8 Å². The molecular weight excluding hydrogens is 448 g/mol. The van der Waals surface area contributed by atoms with E-state index in [1.165, 1.54) is 10.9 Å². The summed E-state index contributed by atoms with van der Waals surface area (Å²) in [6.45, 7) is 2.50. The maximum Gasteiger partial charge on any atom is 0.261 e. The molecule has 1 aromatic heterocycles. The van der Waals surface area contributed by atoms with E-state index in [0.717, 1.165) is 28.9 Å². The van der Waals surface area contributed by atoms with Crippen LogP contribution in [0.3, 0.4) is 0 Å². The minimum absolute atomic E-state index is 0.0983. The van der Waals surface area contributed by atoms with E-state index in [0.29, 0.717) is 17.8 Å². The average Bonchev–Trinajstić information content (AvgIpc) is 3.21. The molecule has 34 heavy (non-hydrogen) atoms. The number of hydrogen-bond acceptors (Lipinski definition) is 4. The van der Waals surface area contributed by atoms with Crippen LogP contribution in [-0.2, 0) is 16.4 Å². The number of carbonyl (C=O) groups excluding carboxylic acids is 1. The molecule has 2 N–H and O–H groups in total. The Labute approximate surface area is 198 Å². The highest BCUT2D eigenvalue weighted by molar-refractivity contribution is 7.92. The number of aryl methyl sites for hydroxylation is 1. The van der Waals surface area contributed by atoms with Gasteiger partial charge in [-0.15, -0.1) is 0 Å². The number of fused-ring (bicyclic) bond motifs is 6. The van der Waals surface area contributed by atoms with E-state index in [1.807, 2.05) is 37.1 Å². The number of amides is 1. The summed E-state index contributed by atoms with van der Waals surface area (Å²) >= 11 is 0. The number of nitrogens with zero attached hydrogens (tertiary/aromatic N) is 2.